The first-order chi connectivity index (χ1) is 7.65. The molecule has 4 heteroatoms. The zero-order valence-electron chi connectivity index (χ0n) is 9.55. The number of ether oxygens (including phenoxy) is 1. The highest BCUT2D eigenvalue weighted by molar-refractivity contribution is 5.70. The molecule has 16 heavy (non-hydrogen) atoms. The van der Waals surface area contributed by atoms with Crippen molar-refractivity contribution >= 4 is 11.7 Å². The Kier molecular flexibility index (Phi) is 4.76. The molecule has 0 saturated heterocycles. The molecule has 1 aromatic rings. The van der Waals surface area contributed by atoms with Crippen LogP contribution in [0.5, 0.6) is 0 Å². The van der Waals surface area contributed by atoms with Crippen LogP contribution in [0.3, 0.4) is 0 Å². The van der Waals surface area contributed by atoms with E-state index < -0.39 is 0 Å². The lowest BCUT2D eigenvalue weighted by Crippen LogP contribution is -2.12. The molecule has 0 aliphatic rings. The molecule has 0 atom stereocenters. The van der Waals surface area contributed by atoms with Gasteiger partial charge < -0.3 is 10.1 Å². The molecule has 0 saturated carbocycles. The summed E-state index contributed by atoms with van der Waals surface area (Å²) >= 11 is 0. The average molecular weight is 225 g/mol. The molecule has 0 aliphatic heterocycles. The minimum atomic E-state index is -0.302. The van der Waals surface area contributed by atoms with Crippen molar-refractivity contribution in [3.8, 4) is 0 Å². The largest absolute Gasteiger partial charge is 0.466 e. The summed E-state index contributed by atoms with van der Waals surface area (Å²) in [5.41, 5.74) is 1.27. The molecule has 3 nitrogen and oxygen atoms in total. The zero-order chi connectivity index (χ0) is 12.0. The van der Waals surface area contributed by atoms with Crippen LogP contribution in [0.15, 0.2) is 18.2 Å². The van der Waals surface area contributed by atoms with E-state index in [0.717, 1.165) is 5.56 Å². The average Bonchev–Trinajstić information content (AvgIpc) is 2.23. The van der Waals surface area contributed by atoms with Crippen molar-refractivity contribution in [3.05, 3.63) is 29.6 Å². The number of carbonyl (C=O) groups is 1. The van der Waals surface area contributed by atoms with E-state index in [1.807, 2.05) is 13.0 Å². The Morgan fingerprint density at radius 3 is 2.88 bits per heavy atom. The van der Waals surface area contributed by atoms with Crippen LogP contribution in [0, 0.1) is 12.7 Å². The van der Waals surface area contributed by atoms with Crippen LogP contribution < -0.4 is 5.32 Å². The number of rotatable bonds is 5. The Bertz CT molecular complexity index is 346. The molecular weight excluding hydrogens is 209 g/mol. The van der Waals surface area contributed by atoms with Crippen molar-refractivity contribution in [2.45, 2.75) is 20.3 Å². The number of halogens is 1. The quantitative estimate of drug-likeness (QED) is 0.782. The maximum atomic E-state index is 13.3. The van der Waals surface area contributed by atoms with E-state index in [2.05, 4.69) is 5.32 Å². The van der Waals surface area contributed by atoms with Crippen molar-refractivity contribution in [3.63, 3.8) is 0 Å². The Balaban J connectivity index is 2.46. The monoisotopic (exact) mass is 225 g/mol. The normalized spacial score (nSPS) is 9.94. The van der Waals surface area contributed by atoms with Gasteiger partial charge in [-0.15, -0.1) is 0 Å². The van der Waals surface area contributed by atoms with E-state index in [1.165, 1.54) is 6.07 Å². The minimum Gasteiger partial charge on any atom is -0.466 e. The highest BCUT2D eigenvalue weighted by Crippen LogP contribution is 2.18. The van der Waals surface area contributed by atoms with Crippen molar-refractivity contribution in [2.75, 3.05) is 18.5 Å². The number of carbonyl (C=O) groups excluding carboxylic acids is 1. The smallest absolute Gasteiger partial charge is 0.307 e. The van der Waals surface area contributed by atoms with Gasteiger partial charge in [-0.05, 0) is 25.5 Å². The van der Waals surface area contributed by atoms with E-state index in [1.54, 1.807) is 13.0 Å². The van der Waals surface area contributed by atoms with Gasteiger partial charge in [-0.3, -0.25) is 4.79 Å². The van der Waals surface area contributed by atoms with Crippen LogP contribution in [-0.2, 0) is 9.53 Å². The van der Waals surface area contributed by atoms with E-state index in [9.17, 15) is 9.18 Å². The fraction of sp³-hybridized carbons (Fsp3) is 0.417. The van der Waals surface area contributed by atoms with Gasteiger partial charge in [0, 0.05) is 6.54 Å². The fourth-order valence-corrected chi connectivity index (χ4v) is 1.38. The van der Waals surface area contributed by atoms with Gasteiger partial charge in [0.2, 0.25) is 0 Å². The predicted molar refractivity (Wildman–Crippen MR) is 60.9 cm³/mol. The maximum Gasteiger partial charge on any atom is 0.307 e. The summed E-state index contributed by atoms with van der Waals surface area (Å²) in [7, 11) is 0. The van der Waals surface area contributed by atoms with Crippen LogP contribution in [0.25, 0.3) is 0 Å². The SMILES string of the molecule is CCOC(=O)CCNc1c(C)cccc1F. The first-order valence-corrected chi connectivity index (χ1v) is 5.29. The van der Waals surface area contributed by atoms with E-state index >= 15 is 0 Å². The molecule has 1 rings (SSSR count). The summed E-state index contributed by atoms with van der Waals surface area (Å²) < 4.78 is 18.1. The summed E-state index contributed by atoms with van der Waals surface area (Å²) in [6, 6.07) is 4.86. The van der Waals surface area contributed by atoms with Crippen LogP contribution in [-0.4, -0.2) is 19.1 Å². The Morgan fingerprint density at radius 2 is 2.25 bits per heavy atom. The maximum absolute atomic E-state index is 13.3. The van der Waals surface area contributed by atoms with Crippen molar-refractivity contribution < 1.29 is 13.9 Å². The van der Waals surface area contributed by atoms with Gasteiger partial charge in [-0.2, -0.15) is 0 Å². The Labute approximate surface area is 94.6 Å². The molecule has 0 aromatic heterocycles. The van der Waals surface area contributed by atoms with Crippen LogP contribution in [0.4, 0.5) is 10.1 Å². The number of anilines is 1. The summed E-state index contributed by atoms with van der Waals surface area (Å²) in [4.78, 5) is 11.0. The number of aryl methyl sites for hydroxylation is 1. The summed E-state index contributed by atoms with van der Waals surface area (Å²) in [5.74, 6) is -0.576. The summed E-state index contributed by atoms with van der Waals surface area (Å²) in [6.45, 7) is 4.32. The molecule has 1 N–H and O–H groups in total. The number of para-hydroxylation sites is 1. The molecule has 0 radical (unpaired) electrons. The molecule has 0 fully saturated rings. The highest BCUT2D eigenvalue weighted by Gasteiger charge is 2.06. The summed E-state index contributed by atoms with van der Waals surface area (Å²) in [5, 5.41) is 2.89. The van der Waals surface area contributed by atoms with Crippen molar-refractivity contribution in [2.24, 2.45) is 0 Å². The number of hydrogen-bond acceptors (Lipinski definition) is 3. The Hall–Kier alpha value is -1.58. The number of benzene rings is 1. The molecule has 1 aromatic carbocycles. The fourth-order valence-electron chi connectivity index (χ4n) is 1.38. The summed E-state index contributed by atoms with van der Waals surface area (Å²) in [6.07, 6.45) is 0.238. The second-order valence-corrected chi connectivity index (χ2v) is 3.41. The lowest BCUT2D eigenvalue weighted by Gasteiger charge is -2.09. The third-order valence-corrected chi connectivity index (χ3v) is 2.16. The van der Waals surface area contributed by atoms with E-state index in [4.69, 9.17) is 4.74 Å². The third-order valence-electron chi connectivity index (χ3n) is 2.16. The van der Waals surface area contributed by atoms with Crippen LogP contribution in [0.1, 0.15) is 18.9 Å². The first kappa shape index (κ1) is 12.5. The molecule has 0 bridgehead atoms. The van der Waals surface area contributed by atoms with Gasteiger partial charge in [0.1, 0.15) is 5.82 Å². The number of esters is 1. The number of nitrogens with one attached hydrogen (secondary N) is 1. The van der Waals surface area contributed by atoms with Gasteiger partial charge in [0.15, 0.2) is 0 Å². The van der Waals surface area contributed by atoms with E-state index in [-0.39, 0.29) is 18.2 Å². The molecule has 0 amide bonds. The molecule has 88 valence electrons. The van der Waals surface area contributed by atoms with Crippen LogP contribution >= 0.6 is 0 Å². The van der Waals surface area contributed by atoms with Gasteiger partial charge >= 0.3 is 5.97 Å². The van der Waals surface area contributed by atoms with Gasteiger partial charge in [-0.25, -0.2) is 4.39 Å². The minimum absolute atomic E-state index is 0.238. The standard InChI is InChI=1S/C12H16FNO2/c1-3-16-11(15)7-8-14-12-9(2)5-4-6-10(12)13/h4-6,14H,3,7-8H2,1-2H3. The zero-order valence-corrected chi connectivity index (χ0v) is 9.55. The molecule has 0 spiro atoms. The Morgan fingerprint density at radius 1 is 1.50 bits per heavy atom. The van der Waals surface area contributed by atoms with Crippen LogP contribution in [0.2, 0.25) is 0 Å². The second-order valence-electron chi connectivity index (χ2n) is 3.41. The molecule has 0 heterocycles. The predicted octanol–water partition coefficient (Wildman–Crippen LogP) is 2.50. The van der Waals surface area contributed by atoms with Gasteiger partial charge in [-0.1, -0.05) is 12.1 Å². The topological polar surface area (TPSA) is 38.3 Å². The van der Waals surface area contributed by atoms with Crippen molar-refractivity contribution in [1.82, 2.24) is 0 Å². The van der Waals surface area contributed by atoms with E-state index in [0.29, 0.717) is 18.8 Å². The lowest BCUT2D eigenvalue weighted by atomic mass is 10.2. The molecule has 0 aliphatic carbocycles. The lowest BCUT2D eigenvalue weighted by molar-refractivity contribution is -0.142. The first-order valence-electron chi connectivity index (χ1n) is 5.29. The van der Waals surface area contributed by atoms with Gasteiger partial charge in [0.25, 0.3) is 0 Å². The molecular formula is C12H16FNO2. The number of hydrogen-bond donors (Lipinski definition) is 1. The second kappa shape index (κ2) is 6.10. The van der Waals surface area contributed by atoms with Gasteiger partial charge in [0.05, 0.1) is 18.7 Å². The molecule has 0 unspecified atom stereocenters. The third kappa shape index (κ3) is 3.53. The van der Waals surface area contributed by atoms with Crippen molar-refractivity contribution in [1.29, 1.82) is 0 Å². The highest BCUT2D eigenvalue weighted by atomic mass is 19.1.